The van der Waals surface area contributed by atoms with Gasteiger partial charge >= 0.3 is 0 Å². The van der Waals surface area contributed by atoms with Crippen LogP contribution in [-0.2, 0) is 0 Å². The molecule has 0 radical (unpaired) electrons. The number of nitrogens with one attached hydrogen (secondary N) is 1. The molecule has 5 heteroatoms. The fourth-order valence-electron chi connectivity index (χ4n) is 2.85. The van der Waals surface area contributed by atoms with Crippen LogP contribution >= 0.6 is 11.6 Å². The molecular formula is C16H23ClN2O2. The zero-order valence-electron chi connectivity index (χ0n) is 12.4. The highest BCUT2D eigenvalue weighted by atomic mass is 35.5. The number of aryl methyl sites for hydroxylation is 1. The van der Waals surface area contributed by atoms with Crippen LogP contribution in [0.3, 0.4) is 0 Å². The standard InChI is InChI=1S/C16H23ClN2O2/c1-12-10-13(17)5-6-15(12)16(21)18-7-9-19-8-3-2-4-14(19)11-20/h5-6,10,14,20H,2-4,7-9,11H2,1H3,(H,18,21)/t14-/m0/s1. The molecule has 4 nitrogen and oxygen atoms in total. The lowest BCUT2D eigenvalue weighted by atomic mass is 10.0. The second kappa shape index (κ2) is 7.78. The van der Waals surface area contributed by atoms with E-state index in [2.05, 4.69) is 10.2 Å². The number of amides is 1. The number of hydrogen-bond donors (Lipinski definition) is 2. The van der Waals surface area contributed by atoms with Gasteiger partial charge in [0.1, 0.15) is 0 Å². The number of piperidine rings is 1. The average Bonchev–Trinajstić information content (AvgIpc) is 2.47. The number of aliphatic hydroxyl groups is 1. The first kappa shape index (κ1) is 16.3. The van der Waals surface area contributed by atoms with E-state index in [9.17, 15) is 9.90 Å². The van der Waals surface area contributed by atoms with E-state index in [-0.39, 0.29) is 18.6 Å². The lowest BCUT2D eigenvalue weighted by molar-refractivity contribution is 0.0849. The van der Waals surface area contributed by atoms with Crippen molar-refractivity contribution in [2.75, 3.05) is 26.2 Å². The van der Waals surface area contributed by atoms with Gasteiger partial charge < -0.3 is 10.4 Å². The average molecular weight is 311 g/mol. The van der Waals surface area contributed by atoms with E-state index in [1.807, 2.05) is 6.92 Å². The first-order valence-electron chi connectivity index (χ1n) is 7.51. The highest BCUT2D eigenvalue weighted by molar-refractivity contribution is 6.30. The third-order valence-electron chi connectivity index (χ3n) is 4.08. The van der Waals surface area contributed by atoms with Gasteiger partial charge in [-0.15, -0.1) is 0 Å². The maximum atomic E-state index is 12.1. The van der Waals surface area contributed by atoms with Gasteiger partial charge in [0.15, 0.2) is 0 Å². The predicted molar refractivity (Wildman–Crippen MR) is 84.8 cm³/mol. The number of rotatable bonds is 5. The molecular weight excluding hydrogens is 288 g/mol. The van der Waals surface area contributed by atoms with Crippen LogP contribution in [0.2, 0.25) is 5.02 Å². The van der Waals surface area contributed by atoms with Crippen LogP contribution in [0, 0.1) is 6.92 Å². The van der Waals surface area contributed by atoms with Crippen molar-refractivity contribution in [2.24, 2.45) is 0 Å². The molecule has 0 aromatic heterocycles. The van der Waals surface area contributed by atoms with Crippen LogP contribution in [0.1, 0.15) is 35.2 Å². The Morgan fingerprint density at radius 2 is 2.29 bits per heavy atom. The Kier molecular flexibility index (Phi) is 6.03. The number of nitrogens with zero attached hydrogens (tertiary/aromatic N) is 1. The van der Waals surface area contributed by atoms with Crippen LogP contribution in [0.25, 0.3) is 0 Å². The Bertz CT molecular complexity index is 493. The third-order valence-corrected chi connectivity index (χ3v) is 4.31. The smallest absolute Gasteiger partial charge is 0.251 e. The maximum absolute atomic E-state index is 12.1. The summed E-state index contributed by atoms with van der Waals surface area (Å²) in [5, 5.41) is 13.0. The number of carbonyl (C=O) groups excluding carboxylic acids is 1. The van der Waals surface area contributed by atoms with E-state index in [1.165, 1.54) is 12.8 Å². The Balaban J connectivity index is 1.83. The van der Waals surface area contributed by atoms with Gasteiger partial charge in [0, 0.05) is 29.7 Å². The van der Waals surface area contributed by atoms with Crippen LogP contribution in [-0.4, -0.2) is 48.2 Å². The molecule has 2 rings (SSSR count). The minimum Gasteiger partial charge on any atom is -0.395 e. The zero-order chi connectivity index (χ0) is 15.2. The summed E-state index contributed by atoms with van der Waals surface area (Å²) in [6.07, 6.45) is 3.39. The molecule has 0 bridgehead atoms. The van der Waals surface area contributed by atoms with Crippen molar-refractivity contribution in [3.05, 3.63) is 34.3 Å². The summed E-state index contributed by atoms with van der Waals surface area (Å²) in [6.45, 7) is 4.46. The van der Waals surface area contributed by atoms with E-state index in [1.54, 1.807) is 18.2 Å². The summed E-state index contributed by atoms with van der Waals surface area (Å²) in [5.41, 5.74) is 1.54. The maximum Gasteiger partial charge on any atom is 0.251 e. The van der Waals surface area contributed by atoms with Gasteiger partial charge in [-0.2, -0.15) is 0 Å². The second-order valence-electron chi connectivity index (χ2n) is 5.58. The van der Waals surface area contributed by atoms with Gasteiger partial charge in [-0.1, -0.05) is 18.0 Å². The molecule has 0 spiro atoms. The largest absolute Gasteiger partial charge is 0.395 e. The van der Waals surface area contributed by atoms with Crippen molar-refractivity contribution >= 4 is 17.5 Å². The molecule has 1 aromatic rings. The Labute approximate surface area is 131 Å². The summed E-state index contributed by atoms with van der Waals surface area (Å²) < 4.78 is 0. The summed E-state index contributed by atoms with van der Waals surface area (Å²) in [7, 11) is 0. The Morgan fingerprint density at radius 1 is 1.48 bits per heavy atom. The molecule has 1 amide bonds. The van der Waals surface area contributed by atoms with Gasteiger partial charge in [0.2, 0.25) is 0 Å². The molecule has 0 saturated carbocycles. The number of hydrogen-bond acceptors (Lipinski definition) is 3. The van der Waals surface area contributed by atoms with Gasteiger partial charge in [-0.25, -0.2) is 0 Å². The fourth-order valence-corrected chi connectivity index (χ4v) is 3.08. The monoisotopic (exact) mass is 310 g/mol. The molecule has 1 heterocycles. The van der Waals surface area contributed by atoms with Crippen molar-refractivity contribution in [3.63, 3.8) is 0 Å². The minimum absolute atomic E-state index is 0.0678. The number of aliphatic hydroxyl groups excluding tert-OH is 1. The van der Waals surface area contributed by atoms with Crippen molar-refractivity contribution < 1.29 is 9.90 Å². The van der Waals surface area contributed by atoms with E-state index >= 15 is 0 Å². The van der Waals surface area contributed by atoms with E-state index in [4.69, 9.17) is 11.6 Å². The molecule has 1 atom stereocenters. The highest BCUT2D eigenvalue weighted by Gasteiger charge is 2.21. The van der Waals surface area contributed by atoms with Gasteiger partial charge in [-0.05, 0) is 50.1 Å². The van der Waals surface area contributed by atoms with Gasteiger partial charge in [0.05, 0.1) is 6.61 Å². The molecule has 2 N–H and O–H groups in total. The SMILES string of the molecule is Cc1cc(Cl)ccc1C(=O)NCCN1CCCC[C@H]1CO. The van der Waals surface area contributed by atoms with E-state index < -0.39 is 0 Å². The number of halogens is 1. The van der Waals surface area contributed by atoms with E-state index in [0.29, 0.717) is 17.1 Å². The number of likely N-dealkylation sites (tertiary alicyclic amines) is 1. The van der Waals surface area contributed by atoms with Crippen LogP contribution in [0.4, 0.5) is 0 Å². The topological polar surface area (TPSA) is 52.6 Å². The minimum atomic E-state index is -0.0678. The second-order valence-corrected chi connectivity index (χ2v) is 6.02. The van der Waals surface area contributed by atoms with Crippen LogP contribution in [0.15, 0.2) is 18.2 Å². The fraction of sp³-hybridized carbons (Fsp3) is 0.562. The molecule has 0 aliphatic carbocycles. The molecule has 1 fully saturated rings. The lowest BCUT2D eigenvalue weighted by Gasteiger charge is -2.34. The molecule has 0 unspecified atom stereocenters. The summed E-state index contributed by atoms with van der Waals surface area (Å²) in [5.74, 6) is -0.0678. The molecule has 1 aromatic carbocycles. The highest BCUT2D eigenvalue weighted by Crippen LogP contribution is 2.16. The molecule has 1 aliphatic heterocycles. The first-order valence-corrected chi connectivity index (χ1v) is 7.89. The Morgan fingerprint density at radius 3 is 3.00 bits per heavy atom. The van der Waals surface area contributed by atoms with Gasteiger partial charge in [0.25, 0.3) is 5.91 Å². The normalized spacial score (nSPS) is 19.5. The summed E-state index contributed by atoms with van der Waals surface area (Å²) in [4.78, 5) is 14.4. The van der Waals surface area contributed by atoms with Crippen molar-refractivity contribution in [2.45, 2.75) is 32.2 Å². The quantitative estimate of drug-likeness (QED) is 0.877. The predicted octanol–water partition coefficient (Wildman–Crippen LogP) is 2.23. The van der Waals surface area contributed by atoms with Crippen molar-refractivity contribution in [3.8, 4) is 0 Å². The van der Waals surface area contributed by atoms with Crippen molar-refractivity contribution in [1.29, 1.82) is 0 Å². The summed E-state index contributed by atoms with van der Waals surface area (Å²) in [6, 6.07) is 5.52. The van der Waals surface area contributed by atoms with Gasteiger partial charge in [-0.3, -0.25) is 9.69 Å². The Hall–Kier alpha value is -1.10. The van der Waals surface area contributed by atoms with E-state index in [0.717, 1.165) is 25.1 Å². The molecule has 1 aliphatic rings. The van der Waals surface area contributed by atoms with Crippen LogP contribution in [0.5, 0.6) is 0 Å². The number of carbonyl (C=O) groups is 1. The van der Waals surface area contributed by atoms with Crippen molar-refractivity contribution in [1.82, 2.24) is 10.2 Å². The number of benzene rings is 1. The lowest BCUT2D eigenvalue weighted by Crippen LogP contribution is -2.45. The third kappa shape index (κ3) is 4.43. The molecule has 116 valence electrons. The molecule has 1 saturated heterocycles. The first-order chi connectivity index (χ1) is 10.1. The summed E-state index contributed by atoms with van der Waals surface area (Å²) >= 11 is 5.90. The zero-order valence-corrected chi connectivity index (χ0v) is 13.2. The molecule has 21 heavy (non-hydrogen) atoms. The van der Waals surface area contributed by atoms with Crippen LogP contribution < -0.4 is 5.32 Å².